The molecule has 2 atom stereocenters. The van der Waals surface area contributed by atoms with Crippen LogP contribution in [0.25, 0.3) is 0 Å². The van der Waals surface area contributed by atoms with Crippen molar-refractivity contribution in [3.05, 3.63) is 30.3 Å². The van der Waals surface area contributed by atoms with Crippen LogP contribution in [0.4, 0.5) is 0 Å². The number of nitrogens with zero attached hydrogens (tertiary/aromatic N) is 1. The summed E-state index contributed by atoms with van der Waals surface area (Å²) >= 11 is 1.97. The van der Waals surface area contributed by atoms with Crippen LogP contribution in [0, 0.1) is 5.41 Å². The van der Waals surface area contributed by atoms with Gasteiger partial charge in [-0.05, 0) is 24.5 Å². The van der Waals surface area contributed by atoms with Crippen molar-refractivity contribution in [3.8, 4) is 0 Å². The Labute approximate surface area is 128 Å². The van der Waals surface area contributed by atoms with Crippen LogP contribution in [0.1, 0.15) is 27.7 Å². The van der Waals surface area contributed by atoms with Gasteiger partial charge in [0.25, 0.3) is 0 Å². The van der Waals surface area contributed by atoms with Crippen LogP contribution in [0.2, 0.25) is 0 Å². The molecule has 2 unspecified atom stereocenters. The highest BCUT2D eigenvalue weighted by Crippen LogP contribution is 2.27. The maximum absolute atomic E-state index is 3.63. The molecule has 112 valence electrons. The molecule has 1 aromatic carbocycles. The summed E-state index contributed by atoms with van der Waals surface area (Å²) in [5.74, 6) is 1.17. The number of hydrogen-bond acceptors (Lipinski definition) is 3. The lowest BCUT2D eigenvalue weighted by Crippen LogP contribution is -2.60. The molecular weight excluding hydrogens is 264 g/mol. The maximum atomic E-state index is 3.63. The Morgan fingerprint density at radius 2 is 1.95 bits per heavy atom. The monoisotopic (exact) mass is 292 g/mol. The zero-order valence-electron chi connectivity index (χ0n) is 13.2. The highest BCUT2D eigenvalue weighted by atomic mass is 32.2. The van der Waals surface area contributed by atoms with E-state index in [-0.39, 0.29) is 0 Å². The summed E-state index contributed by atoms with van der Waals surface area (Å²) in [6.07, 6.45) is 0. The molecule has 2 nitrogen and oxygen atoms in total. The topological polar surface area (TPSA) is 15.3 Å². The Morgan fingerprint density at radius 1 is 1.25 bits per heavy atom. The number of nitrogens with one attached hydrogen (secondary N) is 1. The van der Waals surface area contributed by atoms with E-state index in [4.69, 9.17) is 0 Å². The molecule has 1 aromatic rings. The molecule has 0 spiro atoms. The molecule has 1 aliphatic rings. The first kappa shape index (κ1) is 15.9. The fourth-order valence-corrected chi connectivity index (χ4v) is 3.80. The van der Waals surface area contributed by atoms with Gasteiger partial charge in [0, 0.05) is 42.4 Å². The zero-order valence-corrected chi connectivity index (χ0v) is 14.0. The fourth-order valence-electron chi connectivity index (χ4n) is 2.88. The third-order valence-electron chi connectivity index (χ3n) is 4.00. The van der Waals surface area contributed by atoms with Crippen molar-refractivity contribution in [2.45, 2.75) is 44.7 Å². The van der Waals surface area contributed by atoms with Crippen LogP contribution in [0.5, 0.6) is 0 Å². The van der Waals surface area contributed by atoms with Gasteiger partial charge >= 0.3 is 0 Å². The molecule has 2 rings (SSSR count). The minimum absolute atomic E-state index is 0.338. The van der Waals surface area contributed by atoms with Gasteiger partial charge in [-0.2, -0.15) is 0 Å². The van der Waals surface area contributed by atoms with E-state index in [9.17, 15) is 0 Å². The molecule has 0 radical (unpaired) electrons. The molecular formula is C17H28N2S. The Kier molecular flexibility index (Phi) is 5.53. The lowest BCUT2D eigenvalue weighted by atomic mass is 9.84. The quantitative estimate of drug-likeness (QED) is 0.855. The Hall–Kier alpha value is -0.510. The third-order valence-corrected chi connectivity index (χ3v) is 4.99. The number of benzene rings is 1. The SMILES string of the molecule is CC1CN(CCSc2ccccc2)C(C(C)(C)C)CN1. The predicted molar refractivity (Wildman–Crippen MR) is 89.4 cm³/mol. The molecule has 1 fully saturated rings. The zero-order chi connectivity index (χ0) is 14.6. The molecule has 1 N–H and O–H groups in total. The molecule has 0 saturated carbocycles. The van der Waals surface area contributed by atoms with E-state index < -0.39 is 0 Å². The first-order chi connectivity index (χ1) is 9.47. The van der Waals surface area contributed by atoms with Crippen molar-refractivity contribution in [1.29, 1.82) is 0 Å². The second-order valence-corrected chi connectivity index (χ2v) is 8.02. The van der Waals surface area contributed by atoms with Crippen LogP contribution in [0.15, 0.2) is 35.2 Å². The summed E-state index contributed by atoms with van der Waals surface area (Å²) in [6.45, 7) is 12.8. The number of piperazine rings is 1. The number of thioether (sulfide) groups is 1. The van der Waals surface area contributed by atoms with Gasteiger partial charge in [-0.1, -0.05) is 39.0 Å². The molecule has 0 aromatic heterocycles. The van der Waals surface area contributed by atoms with Gasteiger partial charge in [0.1, 0.15) is 0 Å². The standard InChI is InChI=1S/C17H28N2S/c1-14-13-19(16(12-18-14)17(2,3)4)10-11-20-15-8-6-5-7-9-15/h5-9,14,16,18H,10-13H2,1-4H3. The van der Waals surface area contributed by atoms with E-state index in [0.717, 1.165) is 13.1 Å². The average Bonchev–Trinajstić information content (AvgIpc) is 2.38. The average molecular weight is 292 g/mol. The summed E-state index contributed by atoms with van der Waals surface area (Å²) < 4.78 is 0. The van der Waals surface area contributed by atoms with E-state index in [0.29, 0.717) is 17.5 Å². The first-order valence-electron chi connectivity index (χ1n) is 7.62. The second-order valence-electron chi connectivity index (χ2n) is 6.85. The highest BCUT2D eigenvalue weighted by Gasteiger charge is 2.33. The van der Waals surface area contributed by atoms with Crippen LogP contribution in [0.3, 0.4) is 0 Å². The van der Waals surface area contributed by atoms with Crippen molar-refractivity contribution in [2.75, 3.05) is 25.4 Å². The van der Waals surface area contributed by atoms with Gasteiger partial charge in [-0.25, -0.2) is 0 Å². The molecule has 0 bridgehead atoms. The molecule has 20 heavy (non-hydrogen) atoms. The Balaban J connectivity index is 1.88. The van der Waals surface area contributed by atoms with Gasteiger partial charge in [0.2, 0.25) is 0 Å². The van der Waals surface area contributed by atoms with Gasteiger partial charge < -0.3 is 5.32 Å². The van der Waals surface area contributed by atoms with Crippen LogP contribution in [-0.4, -0.2) is 42.4 Å². The maximum Gasteiger partial charge on any atom is 0.0270 e. The minimum Gasteiger partial charge on any atom is -0.311 e. The van der Waals surface area contributed by atoms with Gasteiger partial charge in [0.05, 0.1) is 0 Å². The summed E-state index contributed by atoms with van der Waals surface area (Å²) in [5.41, 5.74) is 0.338. The molecule has 1 heterocycles. The third kappa shape index (κ3) is 4.51. The number of rotatable bonds is 4. The second kappa shape index (κ2) is 6.97. The molecule has 1 aliphatic heterocycles. The minimum atomic E-state index is 0.338. The lowest BCUT2D eigenvalue weighted by Gasteiger charge is -2.45. The molecule has 0 aliphatic carbocycles. The summed E-state index contributed by atoms with van der Waals surface area (Å²) in [4.78, 5) is 4.06. The first-order valence-corrected chi connectivity index (χ1v) is 8.60. The summed E-state index contributed by atoms with van der Waals surface area (Å²) in [5, 5.41) is 3.63. The van der Waals surface area contributed by atoms with Crippen molar-refractivity contribution in [1.82, 2.24) is 10.2 Å². The smallest absolute Gasteiger partial charge is 0.0270 e. The fraction of sp³-hybridized carbons (Fsp3) is 0.647. The van der Waals surface area contributed by atoms with Crippen molar-refractivity contribution in [3.63, 3.8) is 0 Å². The van der Waals surface area contributed by atoms with Gasteiger partial charge in [0.15, 0.2) is 0 Å². The highest BCUT2D eigenvalue weighted by molar-refractivity contribution is 7.99. The Morgan fingerprint density at radius 3 is 2.60 bits per heavy atom. The summed E-state index contributed by atoms with van der Waals surface area (Å²) in [6, 6.07) is 12.0. The summed E-state index contributed by atoms with van der Waals surface area (Å²) in [7, 11) is 0. The van der Waals surface area contributed by atoms with Crippen LogP contribution >= 0.6 is 11.8 Å². The predicted octanol–water partition coefficient (Wildman–Crippen LogP) is 3.49. The largest absolute Gasteiger partial charge is 0.311 e. The van der Waals surface area contributed by atoms with E-state index in [2.05, 4.69) is 68.2 Å². The van der Waals surface area contributed by atoms with Crippen molar-refractivity contribution in [2.24, 2.45) is 5.41 Å². The van der Waals surface area contributed by atoms with Gasteiger partial charge in [-0.15, -0.1) is 11.8 Å². The number of hydrogen-bond donors (Lipinski definition) is 1. The van der Waals surface area contributed by atoms with E-state index in [1.54, 1.807) is 0 Å². The van der Waals surface area contributed by atoms with E-state index in [1.165, 1.54) is 17.2 Å². The van der Waals surface area contributed by atoms with Gasteiger partial charge in [-0.3, -0.25) is 4.90 Å². The van der Waals surface area contributed by atoms with E-state index >= 15 is 0 Å². The van der Waals surface area contributed by atoms with Crippen molar-refractivity contribution >= 4 is 11.8 Å². The Bertz CT molecular complexity index is 399. The lowest BCUT2D eigenvalue weighted by molar-refractivity contribution is 0.0649. The molecule has 3 heteroatoms. The van der Waals surface area contributed by atoms with E-state index in [1.807, 2.05) is 11.8 Å². The van der Waals surface area contributed by atoms with Crippen molar-refractivity contribution < 1.29 is 0 Å². The molecule has 1 saturated heterocycles. The normalized spacial score (nSPS) is 24.8. The van der Waals surface area contributed by atoms with Crippen LogP contribution < -0.4 is 5.32 Å². The molecule has 0 amide bonds. The van der Waals surface area contributed by atoms with Crippen LogP contribution in [-0.2, 0) is 0 Å².